The molecule has 0 aromatic carbocycles. The van der Waals surface area contributed by atoms with Crippen molar-refractivity contribution in [3.63, 3.8) is 0 Å². The Bertz CT molecular complexity index is 206. The minimum atomic E-state index is -0.176. The second-order valence-corrected chi connectivity index (χ2v) is 2.36. The van der Waals surface area contributed by atoms with Gasteiger partial charge in [-0.1, -0.05) is 0 Å². The number of carbonyl (C=O) groups excluding carboxylic acids is 2. The monoisotopic (exact) mass is 140 g/mol. The maximum absolute atomic E-state index is 10.9. The molecule has 0 aliphatic carbocycles. The third kappa shape index (κ3) is 1.29. The summed E-state index contributed by atoms with van der Waals surface area (Å²) in [5, 5.41) is 0. The van der Waals surface area contributed by atoms with Crippen LogP contribution in [0.15, 0.2) is 0 Å². The van der Waals surface area contributed by atoms with Crippen LogP contribution >= 0.6 is 0 Å². The second kappa shape index (κ2) is 2.73. The van der Waals surface area contributed by atoms with Gasteiger partial charge in [0.05, 0.1) is 13.3 Å². The number of hydrogen-bond acceptors (Lipinski definition) is 2. The van der Waals surface area contributed by atoms with Crippen molar-refractivity contribution in [1.82, 2.24) is 0 Å². The predicted molar refractivity (Wildman–Crippen MR) is 35.9 cm³/mol. The van der Waals surface area contributed by atoms with Crippen LogP contribution in [0, 0.1) is 0 Å². The number of carbonyl (C=O) groups is 2. The van der Waals surface area contributed by atoms with E-state index in [1.165, 1.54) is 11.5 Å². The molecule has 2 amide bonds. The number of hydrogen-bond donors (Lipinski definition) is 0. The molecule has 0 fully saturated rings. The molecule has 0 aromatic rings. The fourth-order valence-corrected chi connectivity index (χ4v) is 1.00. The van der Waals surface area contributed by atoms with Gasteiger partial charge in [0.2, 0.25) is 0 Å². The van der Waals surface area contributed by atoms with Crippen LogP contribution < -0.4 is 0 Å². The van der Waals surface area contributed by atoms with E-state index in [1.54, 1.807) is 6.21 Å². The van der Waals surface area contributed by atoms with Crippen LogP contribution in [-0.4, -0.2) is 22.6 Å². The lowest BCUT2D eigenvalue weighted by molar-refractivity contribution is -0.381. The molecule has 54 valence electrons. The molecular formula is C7H10NO2+. The summed E-state index contributed by atoms with van der Waals surface area (Å²) < 4.78 is 1.20. The molecule has 1 aliphatic heterocycles. The molecule has 0 unspecified atom stereocenters. The van der Waals surface area contributed by atoms with Crippen molar-refractivity contribution >= 4 is 18.0 Å². The zero-order valence-electron chi connectivity index (χ0n) is 5.96. The van der Waals surface area contributed by atoms with Crippen molar-refractivity contribution < 1.29 is 14.2 Å². The van der Waals surface area contributed by atoms with Gasteiger partial charge in [-0.15, -0.1) is 4.58 Å². The average Bonchev–Trinajstić information content (AvgIpc) is 1.88. The summed E-state index contributed by atoms with van der Waals surface area (Å²) >= 11 is 0. The van der Waals surface area contributed by atoms with Gasteiger partial charge in [-0.05, 0) is 6.42 Å². The smallest absolute Gasteiger partial charge is 0.219 e. The molecule has 0 atom stereocenters. The minimum absolute atomic E-state index is 0.0706. The van der Waals surface area contributed by atoms with E-state index in [2.05, 4.69) is 0 Å². The molecule has 1 rings (SSSR count). The number of nitrogens with zero attached hydrogens (tertiary/aromatic N) is 1. The number of rotatable bonds is 0. The van der Waals surface area contributed by atoms with Crippen molar-refractivity contribution in [3.05, 3.63) is 0 Å². The Hall–Kier alpha value is -0.990. The normalized spacial score (nSPS) is 18.5. The van der Waals surface area contributed by atoms with Gasteiger partial charge in [-0.2, -0.15) is 0 Å². The summed E-state index contributed by atoms with van der Waals surface area (Å²) in [6.45, 7) is 1.40. The number of imide groups is 1. The van der Waals surface area contributed by atoms with Gasteiger partial charge < -0.3 is 0 Å². The van der Waals surface area contributed by atoms with Crippen LogP contribution in [0.5, 0.6) is 0 Å². The Labute approximate surface area is 59.4 Å². The molecule has 3 heteroatoms. The first-order chi connectivity index (χ1) is 4.72. The van der Waals surface area contributed by atoms with E-state index in [1.807, 2.05) is 0 Å². The van der Waals surface area contributed by atoms with Gasteiger partial charge in [-0.3, -0.25) is 0 Å². The largest absolute Gasteiger partial charge is 0.394 e. The third-order valence-corrected chi connectivity index (χ3v) is 1.51. The van der Waals surface area contributed by atoms with Crippen LogP contribution in [0.1, 0.15) is 26.2 Å². The van der Waals surface area contributed by atoms with E-state index in [9.17, 15) is 9.59 Å². The van der Waals surface area contributed by atoms with Crippen LogP contribution in [0.4, 0.5) is 0 Å². The van der Waals surface area contributed by atoms with E-state index >= 15 is 0 Å². The highest BCUT2D eigenvalue weighted by Gasteiger charge is 2.24. The molecule has 0 bridgehead atoms. The fourth-order valence-electron chi connectivity index (χ4n) is 1.00. The molecule has 0 saturated carbocycles. The molecule has 3 nitrogen and oxygen atoms in total. The molecule has 0 radical (unpaired) electrons. The van der Waals surface area contributed by atoms with Gasteiger partial charge in [0.15, 0.2) is 6.21 Å². The molecule has 0 N–H and O–H groups in total. The minimum Gasteiger partial charge on any atom is -0.219 e. The Kier molecular flexibility index (Phi) is 1.94. The Morgan fingerprint density at radius 2 is 2.40 bits per heavy atom. The maximum Gasteiger partial charge on any atom is 0.394 e. The predicted octanol–water partition coefficient (Wildman–Crippen LogP) is 0.327. The van der Waals surface area contributed by atoms with Gasteiger partial charge >= 0.3 is 11.8 Å². The molecule has 1 aliphatic rings. The van der Waals surface area contributed by atoms with Gasteiger partial charge in [-0.25, -0.2) is 9.59 Å². The van der Waals surface area contributed by atoms with E-state index in [0.717, 1.165) is 12.8 Å². The highest BCUT2D eigenvalue weighted by atomic mass is 16.2. The van der Waals surface area contributed by atoms with Crippen molar-refractivity contribution in [2.75, 3.05) is 0 Å². The Balaban J connectivity index is 2.81. The highest BCUT2D eigenvalue weighted by molar-refractivity contribution is 5.86. The van der Waals surface area contributed by atoms with Gasteiger partial charge in [0.25, 0.3) is 0 Å². The molecule has 10 heavy (non-hydrogen) atoms. The lowest BCUT2D eigenvalue weighted by Gasteiger charge is -2.00. The van der Waals surface area contributed by atoms with Crippen molar-refractivity contribution in [2.24, 2.45) is 0 Å². The lowest BCUT2D eigenvalue weighted by atomic mass is 10.2. The summed E-state index contributed by atoms with van der Waals surface area (Å²) in [5.41, 5.74) is 0. The quantitative estimate of drug-likeness (QED) is 0.454. The SMILES string of the molecule is CC(=O)[N+]1=CCCCC1=O. The fraction of sp³-hybridized carbons (Fsp3) is 0.571. The topological polar surface area (TPSA) is 37.1 Å². The molecule has 0 aromatic heterocycles. The van der Waals surface area contributed by atoms with Crippen LogP contribution in [0.3, 0.4) is 0 Å². The van der Waals surface area contributed by atoms with E-state index in [0.29, 0.717) is 6.42 Å². The first-order valence-corrected chi connectivity index (χ1v) is 3.38. The standard InChI is InChI=1S/C7H10NO2/c1-6(9)8-5-3-2-4-7(8)10/h5H,2-4H2,1H3/q+1. The average molecular weight is 140 g/mol. The van der Waals surface area contributed by atoms with Gasteiger partial charge in [0.1, 0.15) is 0 Å². The second-order valence-electron chi connectivity index (χ2n) is 2.36. The van der Waals surface area contributed by atoms with Crippen LogP contribution in [-0.2, 0) is 9.59 Å². The van der Waals surface area contributed by atoms with Gasteiger partial charge in [0, 0.05) is 6.42 Å². The van der Waals surface area contributed by atoms with E-state index < -0.39 is 0 Å². The Morgan fingerprint density at radius 1 is 1.70 bits per heavy atom. The summed E-state index contributed by atoms with van der Waals surface area (Å²) in [6, 6.07) is 0. The lowest BCUT2D eigenvalue weighted by Crippen LogP contribution is -2.29. The van der Waals surface area contributed by atoms with Crippen molar-refractivity contribution in [1.29, 1.82) is 0 Å². The first kappa shape index (κ1) is 7.12. The van der Waals surface area contributed by atoms with Crippen LogP contribution in [0.2, 0.25) is 0 Å². The number of amides is 2. The molecule has 1 heterocycles. The maximum atomic E-state index is 10.9. The molecule has 0 saturated heterocycles. The summed E-state index contributed by atoms with van der Waals surface area (Å²) in [4.78, 5) is 21.6. The third-order valence-electron chi connectivity index (χ3n) is 1.51. The summed E-state index contributed by atoms with van der Waals surface area (Å²) in [7, 11) is 0. The van der Waals surface area contributed by atoms with E-state index in [4.69, 9.17) is 0 Å². The Morgan fingerprint density at radius 3 is 2.80 bits per heavy atom. The zero-order valence-corrected chi connectivity index (χ0v) is 5.96. The summed E-state index contributed by atoms with van der Waals surface area (Å²) in [6.07, 6.45) is 3.89. The molecular weight excluding hydrogens is 130 g/mol. The van der Waals surface area contributed by atoms with Crippen LogP contribution in [0.25, 0.3) is 0 Å². The highest BCUT2D eigenvalue weighted by Crippen LogP contribution is 2.01. The van der Waals surface area contributed by atoms with Crippen molar-refractivity contribution in [2.45, 2.75) is 26.2 Å². The summed E-state index contributed by atoms with van der Waals surface area (Å²) in [5.74, 6) is -0.247. The van der Waals surface area contributed by atoms with Crippen molar-refractivity contribution in [3.8, 4) is 0 Å². The molecule has 0 spiro atoms. The zero-order chi connectivity index (χ0) is 7.56. The van der Waals surface area contributed by atoms with E-state index in [-0.39, 0.29) is 11.8 Å². The first-order valence-electron chi connectivity index (χ1n) is 3.38.